The summed E-state index contributed by atoms with van der Waals surface area (Å²) in [5, 5.41) is 44.1. The molecule has 0 aromatic carbocycles. The lowest BCUT2D eigenvalue weighted by Gasteiger charge is -2.20. The molecule has 1 amide bonds. The van der Waals surface area contributed by atoms with Crippen molar-refractivity contribution < 1.29 is 34.7 Å². The Morgan fingerprint density at radius 1 is 1.05 bits per heavy atom. The third kappa shape index (κ3) is 4.55. The highest BCUT2D eigenvalue weighted by Crippen LogP contribution is 2.35. The fraction of sp³-hybridized carbons (Fsp3) is 0.524. The number of ether oxygens (including phenoxy) is 2. The van der Waals surface area contributed by atoms with Gasteiger partial charge in [0.15, 0.2) is 23.9 Å². The van der Waals surface area contributed by atoms with E-state index in [2.05, 4.69) is 25.3 Å². The fourth-order valence-corrected chi connectivity index (χ4v) is 4.76. The van der Waals surface area contributed by atoms with Gasteiger partial charge in [0.25, 0.3) is 5.56 Å². The van der Waals surface area contributed by atoms with Crippen LogP contribution in [0.1, 0.15) is 18.9 Å². The van der Waals surface area contributed by atoms with E-state index in [0.717, 1.165) is 16.8 Å². The zero-order valence-electron chi connectivity index (χ0n) is 19.7. The monoisotopic (exact) mass is 534 g/mol. The lowest BCUT2D eigenvalue weighted by atomic mass is 9.94. The molecule has 2 saturated heterocycles. The molecule has 5 rings (SSSR count). The van der Waals surface area contributed by atoms with E-state index in [1.165, 1.54) is 17.2 Å². The van der Waals surface area contributed by atoms with Crippen molar-refractivity contribution in [2.45, 2.75) is 49.4 Å². The Kier molecular flexibility index (Phi) is 6.95. The van der Waals surface area contributed by atoms with Gasteiger partial charge >= 0.3 is 5.69 Å². The van der Waals surface area contributed by atoms with Crippen LogP contribution < -0.4 is 22.3 Å². The average Bonchev–Trinajstić information content (AvgIpc) is 3.53. The molecule has 38 heavy (non-hydrogen) atoms. The molecule has 0 saturated carbocycles. The number of aromatic amines is 1. The van der Waals surface area contributed by atoms with Crippen LogP contribution in [0.15, 0.2) is 34.5 Å². The van der Waals surface area contributed by atoms with Crippen LogP contribution in [-0.2, 0) is 14.3 Å². The quantitative estimate of drug-likeness (QED) is 0.153. The summed E-state index contributed by atoms with van der Waals surface area (Å²) in [5.74, 6) is -1.32. The lowest BCUT2D eigenvalue weighted by molar-refractivity contribution is -0.124. The van der Waals surface area contributed by atoms with Crippen LogP contribution >= 0.6 is 0 Å². The number of hydrogen-bond donors (Lipinski definition) is 7. The van der Waals surface area contributed by atoms with Crippen LogP contribution in [0.25, 0.3) is 11.2 Å². The van der Waals surface area contributed by atoms with E-state index in [9.17, 15) is 34.8 Å². The van der Waals surface area contributed by atoms with Crippen molar-refractivity contribution in [3.63, 3.8) is 0 Å². The van der Waals surface area contributed by atoms with Crippen molar-refractivity contribution in [2.24, 2.45) is 5.92 Å². The summed E-state index contributed by atoms with van der Waals surface area (Å²) < 4.78 is 13.7. The van der Waals surface area contributed by atoms with Gasteiger partial charge in [-0.2, -0.15) is 0 Å². The summed E-state index contributed by atoms with van der Waals surface area (Å²) in [4.78, 5) is 50.2. The van der Waals surface area contributed by atoms with Gasteiger partial charge < -0.3 is 41.0 Å². The molecule has 0 aliphatic carbocycles. The number of anilines is 1. The minimum atomic E-state index is -1.37. The van der Waals surface area contributed by atoms with Gasteiger partial charge in [-0.1, -0.05) is 0 Å². The maximum absolute atomic E-state index is 12.7. The Morgan fingerprint density at radius 2 is 1.79 bits per heavy atom. The van der Waals surface area contributed by atoms with E-state index in [1.807, 2.05) is 0 Å². The van der Waals surface area contributed by atoms with Gasteiger partial charge in [0.1, 0.15) is 36.3 Å². The Labute approximate surface area is 212 Å². The molecule has 0 unspecified atom stereocenters. The van der Waals surface area contributed by atoms with Gasteiger partial charge in [0, 0.05) is 31.1 Å². The van der Waals surface area contributed by atoms with Crippen LogP contribution in [0.3, 0.4) is 0 Å². The maximum atomic E-state index is 12.7. The molecule has 2 fully saturated rings. The van der Waals surface area contributed by atoms with E-state index in [-0.39, 0.29) is 18.8 Å². The second-order valence-electron chi connectivity index (χ2n) is 9.06. The van der Waals surface area contributed by atoms with Gasteiger partial charge in [-0.15, -0.1) is 0 Å². The zero-order valence-corrected chi connectivity index (χ0v) is 19.7. The van der Waals surface area contributed by atoms with Crippen molar-refractivity contribution in [2.75, 3.05) is 18.9 Å². The molecule has 3 aromatic heterocycles. The topological polar surface area (TPSA) is 253 Å². The number of fused-ring (bicyclic) bond motifs is 1. The number of H-pyrrole nitrogens is 1. The van der Waals surface area contributed by atoms with Crippen molar-refractivity contribution in [3.05, 3.63) is 45.8 Å². The zero-order chi connectivity index (χ0) is 27.1. The fourth-order valence-electron chi connectivity index (χ4n) is 4.76. The number of nitrogens with two attached hydrogens (primary N) is 1. The second kappa shape index (κ2) is 10.2. The smallest absolute Gasteiger partial charge is 0.330 e. The third-order valence-electron chi connectivity index (χ3n) is 6.75. The first-order valence-corrected chi connectivity index (χ1v) is 11.7. The number of nitrogens with zero attached hydrogens (tertiary/aromatic N) is 5. The number of carbonyl (C=O) groups excluding carboxylic acids is 1. The summed E-state index contributed by atoms with van der Waals surface area (Å²) in [6.07, 6.45) is -4.92. The number of aliphatic hydroxyl groups excluding tert-OH is 4. The summed E-state index contributed by atoms with van der Waals surface area (Å²) in [6, 6.07) is 1.08. The molecule has 17 nitrogen and oxygen atoms in total. The van der Waals surface area contributed by atoms with Gasteiger partial charge in [0.2, 0.25) is 5.91 Å². The third-order valence-corrected chi connectivity index (χ3v) is 6.75. The van der Waals surface area contributed by atoms with E-state index in [1.54, 1.807) is 0 Å². The maximum Gasteiger partial charge on any atom is 0.330 e. The van der Waals surface area contributed by atoms with E-state index in [4.69, 9.17) is 15.2 Å². The van der Waals surface area contributed by atoms with Crippen molar-refractivity contribution in [3.8, 4) is 0 Å². The Balaban J connectivity index is 1.22. The number of nitrogen functional groups attached to an aromatic ring is 1. The van der Waals surface area contributed by atoms with Crippen molar-refractivity contribution >= 4 is 22.9 Å². The number of aromatic nitrogens is 6. The molecular formula is C21H26N8O9. The summed E-state index contributed by atoms with van der Waals surface area (Å²) in [5.41, 5.74) is 4.93. The standard InChI is InChI=1S/C21H26N8O9/c22-17-13-18(25-6-24-17)29(7-26-13)20-16(35)15(34)9(37-20)4-23-12(32)3-8-10(5-30)38-19(14(8)33)28-2-1-11(31)27-21(28)36/h1-2,6-10,14-16,19-20,30,33-35H,3-5H2,(H,23,32)(H2,22,24,25)(H,27,31,36)/t8-,9-,10-,14-,15-,16-,19-,20-/m1/s1. The number of rotatable bonds is 7. The number of nitrogens with one attached hydrogen (secondary N) is 2. The number of hydrogen-bond acceptors (Lipinski definition) is 13. The largest absolute Gasteiger partial charge is 0.394 e. The first-order chi connectivity index (χ1) is 18.2. The predicted octanol–water partition coefficient (Wildman–Crippen LogP) is -4.05. The average molecular weight is 534 g/mol. The van der Waals surface area contributed by atoms with E-state index < -0.39 is 72.7 Å². The van der Waals surface area contributed by atoms with Gasteiger partial charge in [-0.3, -0.25) is 23.7 Å². The highest BCUT2D eigenvalue weighted by molar-refractivity contribution is 5.81. The number of amides is 1. The molecule has 0 bridgehead atoms. The summed E-state index contributed by atoms with van der Waals surface area (Å²) in [6.45, 7) is -0.720. The van der Waals surface area contributed by atoms with Gasteiger partial charge in [-0.05, 0) is 0 Å². The molecule has 0 radical (unpaired) electrons. The summed E-state index contributed by atoms with van der Waals surface area (Å²) >= 11 is 0. The first kappa shape index (κ1) is 25.9. The molecular weight excluding hydrogens is 508 g/mol. The molecule has 204 valence electrons. The molecule has 2 aliphatic heterocycles. The van der Waals surface area contributed by atoms with Crippen molar-refractivity contribution in [1.82, 2.24) is 34.4 Å². The Hall–Kier alpha value is -3.74. The highest BCUT2D eigenvalue weighted by Gasteiger charge is 2.47. The van der Waals surface area contributed by atoms with Crippen LogP contribution in [0, 0.1) is 5.92 Å². The molecule has 17 heteroatoms. The highest BCUT2D eigenvalue weighted by atomic mass is 16.6. The molecule has 5 heterocycles. The minimum Gasteiger partial charge on any atom is -0.394 e. The molecule has 0 spiro atoms. The second-order valence-corrected chi connectivity index (χ2v) is 9.06. The molecule has 8 atom stereocenters. The SMILES string of the molecule is Nc1ncnc2c1ncn2[C@@H]1O[C@H](CNC(=O)C[C@H]2[C@@H](O)[C@H](n3ccc(=O)[nH]c3=O)O[C@@H]2CO)[C@@H](O)[C@H]1O. The lowest BCUT2D eigenvalue weighted by Crippen LogP contribution is -2.41. The Morgan fingerprint density at radius 3 is 2.53 bits per heavy atom. The van der Waals surface area contributed by atoms with E-state index in [0.29, 0.717) is 11.2 Å². The van der Waals surface area contributed by atoms with Crippen LogP contribution in [0.5, 0.6) is 0 Å². The molecule has 8 N–H and O–H groups in total. The normalized spacial score (nSPS) is 31.2. The van der Waals surface area contributed by atoms with Crippen LogP contribution in [-0.4, -0.2) is 99.1 Å². The predicted molar refractivity (Wildman–Crippen MR) is 125 cm³/mol. The minimum absolute atomic E-state index is 0.137. The van der Waals surface area contributed by atoms with Crippen LogP contribution in [0.4, 0.5) is 5.82 Å². The number of imidazole rings is 1. The van der Waals surface area contributed by atoms with Crippen molar-refractivity contribution in [1.29, 1.82) is 0 Å². The summed E-state index contributed by atoms with van der Waals surface area (Å²) in [7, 11) is 0. The number of aliphatic hydroxyl groups is 4. The van der Waals surface area contributed by atoms with E-state index >= 15 is 0 Å². The molecule has 2 aliphatic rings. The number of carbonyl (C=O) groups is 1. The van der Waals surface area contributed by atoms with Crippen LogP contribution in [0.2, 0.25) is 0 Å². The van der Waals surface area contributed by atoms with Gasteiger partial charge in [0.05, 0.1) is 19.0 Å². The van der Waals surface area contributed by atoms with Gasteiger partial charge in [-0.25, -0.2) is 19.7 Å². The first-order valence-electron chi connectivity index (χ1n) is 11.7. The molecule has 3 aromatic rings. The Bertz CT molecular complexity index is 1440.